The predicted molar refractivity (Wildman–Crippen MR) is 55.8 cm³/mol. The van der Waals surface area contributed by atoms with Crippen LogP contribution in [0.3, 0.4) is 0 Å². The highest BCUT2D eigenvalue weighted by atomic mass is 16.5. The molecule has 2 nitrogen and oxygen atoms in total. The zero-order valence-electron chi connectivity index (χ0n) is 9.39. The van der Waals surface area contributed by atoms with Crippen LogP contribution in [0.2, 0.25) is 0 Å². The Balaban J connectivity index is 2.66. The Bertz CT molecular complexity index is 142. The van der Waals surface area contributed by atoms with Crippen LogP contribution in [0.5, 0.6) is 0 Å². The first kappa shape index (κ1) is 11.0. The van der Waals surface area contributed by atoms with Gasteiger partial charge in [-0.05, 0) is 31.7 Å². The Morgan fingerprint density at radius 2 is 2.08 bits per heavy atom. The molecule has 1 fully saturated rings. The normalized spacial score (nSPS) is 21.9. The zero-order chi connectivity index (χ0) is 9.90. The maximum absolute atomic E-state index is 5.38. The van der Waals surface area contributed by atoms with Crippen LogP contribution in [-0.2, 0) is 4.74 Å². The lowest BCUT2D eigenvalue weighted by atomic mass is 9.73. The van der Waals surface area contributed by atoms with Crippen molar-refractivity contribution in [1.29, 1.82) is 0 Å². The van der Waals surface area contributed by atoms with Crippen molar-refractivity contribution in [2.75, 3.05) is 27.3 Å². The monoisotopic (exact) mass is 185 g/mol. The summed E-state index contributed by atoms with van der Waals surface area (Å²) in [5.74, 6) is 1.59. The largest absolute Gasteiger partial charge is 0.384 e. The van der Waals surface area contributed by atoms with Crippen molar-refractivity contribution in [2.24, 2.45) is 17.3 Å². The molecule has 1 saturated carbocycles. The fourth-order valence-corrected chi connectivity index (χ4v) is 2.41. The van der Waals surface area contributed by atoms with Crippen molar-refractivity contribution in [3.8, 4) is 0 Å². The van der Waals surface area contributed by atoms with Crippen LogP contribution in [0.1, 0.15) is 26.7 Å². The van der Waals surface area contributed by atoms with E-state index in [1.165, 1.54) is 12.8 Å². The molecule has 2 heteroatoms. The van der Waals surface area contributed by atoms with E-state index in [9.17, 15) is 0 Å². The van der Waals surface area contributed by atoms with Gasteiger partial charge in [0.25, 0.3) is 0 Å². The van der Waals surface area contributed by atoms with Crippen LogP contribution in [-0.4, -0.2) is 27.3 Å². The number of hydrogen-bond donors (Lipinski definition) is 1. The molecule has 0 amide bonds. The maximum Gasteiger partial charge on any atom is 0.0535 e. The highest BCUT2D eigenvalue weighted by molar-refractivity contribution is 4.97. The fourth-order valence-electron chi connectivity index (χ4n) is 2.41. The van der Waals surface area contributed by atoms with Gasteiger partial charge in [-0.25, -0.2) is 0 Å². The minimum absolute atomic E-state index is 0.378. The molecular weight excluding hydrogens is 162 g/mol. The Labute approximate surface area is 82.0 Å². The molecule has 1 aliphatic carbocycles. The van der Waals surface area contributed by atoms with Crippen molar-refractivity contribution in [2.45, 2.75) is 26.7 Å². The van der Waals surface area contributed by atoms with Crippen molar-refractivity contribution >= 4 is 0 Å². The van der Waals surface area contributed by atoms with E-state index in [1.54, 1.807) is 0 Å². The lowest BCUT2D eigenvalue weighted by molar-refractivity contribution is 0.0258. The van der Waals surface area contributed by atoms with E-state index in [-0.39, 0.29) is 0 Å². The first-order valence-electron chi connectivity index (χ1n) is 5.31. The molecule has 0 aromatic rings. The molecule has 0 aliphatic heterocycles. The molecule has 0 radical (unpaired) electrons. The average molecular weight is 185 g/mol. The maximum atomic E-state index is 5.38. The molecule has 0 aromatic heterocycles. The minimum Gasteiger partial charge on any atom is -0.384 e. The lowest BCUT2D eigenvalue weighted by Crippen LogP contribution is -2.43. The van der Waals surface area contributed by atoms with E-state index < -0.39 is 0 Å². The Morgan fingerprint density at radius 1 is 1.46 bits per heavy atom. The molecule has 1 rings (SSSR count). The van der Waals surface area contributed by atoms with Gasteiger partial charge in [0.15, 0.2) is 0 Å². The summed E-state index contributed by atoms with van der Waals surface area (Å²) in [6.45, 7) is 6.61. The quantitative estimate of drug-likeness (QED) is 0.682. The minimum atomic E-state index is 0.378. The van der Waals surface area contributed by atoms with E-state index in [0.29, 0.717) is 11.3 Å². The summed E-state index contributed by atoms with van der Waals surface area (Å²) in [6.07, 6.45) is 2.78. The van der Waals surface area contributed by atoms with Gasteiger partial charge in [0, 0.05) is 19.1 Å². The second kappa shape index (κ2) is 4.43. The summed E-state index contributed by atoms with van der Waals surface area (Å²) in [5.41, 5.74) is 0.378. The van der Waals surface area contributed by atoms with Crippen LogP contribution >= 0.6 is 0 Å². The molecule has 0 bridgehead atoms. The van der Waals surface area contributed by atoms with Crippen LogP contribution in [0.25, 0.3) is 0 Å². The zero-order valence-corrected chi connectivity index (χ0v) is 9.39. The van der Waals surface area contributed by atoms with Gasteiger partial charge in [-0.3, -0.25) is 0 Å². The number of ether oxygens (including phenoxy) is 1. The van der Waals surface area contributed by atoms with Gasteiger partial charge in [0.1, 0.15) is 0 Å². The molecule has 0 aromatic carbocycles. The van der Waals surface area contributed by atoms with Gasteiger partial charge in [-0.15, -0.1) is 0 Å². The molecule has 0 heterocycles. The third kappa shape index (κ3) is 2.23. The van der Waals surface area contributed by atoms with E-state index in [0.717, 1.165) is 19.1 Å². The van der Waals surface area contributed by atoms with Crippen LogP contribution < -0.4 is 5.32 Å². The second-order valence-corrected chi connectivity index (χ2v) is 4.63. The Hall–Kier alpha value is -0.0800. The molecule has 1 N–H and O–H groups in total. The fraction of sp³-hybridized carbons (Fsp3) is 1.00. The van der Waals surface area contributed by atoms with Crippen molar-refractivity contribution in [3.05, 3.63) is 0 Å². The first-order valence-corrected chi connectivity index (χ1v) is 5.31. The number of rotatable bonds is 6. The second-order valence-electron chi connectivity index (χ2n) is 4.63. The summed E-state index contributed by atoms with van der Waals surface area (Å²) in [7, 11) is 3.85. The van der Waals surface area contributed by atoms with Crippen molar-refractivity contribution in [1.82, 2.24) is 5.32 Å². The standard InChI is InChI=1S/C11H23NO/c1-9(2)11(7-12-3,8-13-4)10-5-6-10/h9-10,12H,5-8H2,1-4H3. The Morgan fingerprint density at radius 3 is 2.38 bits per heavy atom. The molecule has 0 spiro atoms. The highest BCUT2D eigenvalue weighted by Crippen LogP contribution is 2.49. The third-order valence-corrected chi connectivity index (χ3v) is 3.46. The van der Waals surface area contributed by atoms with Crippen molar-refractivity contribution in [3.63, 3.8) is 0 Å². The SMILES string of the molecule is CNCC(COC)(C(C)C)C1CC1. The van der Waals surface area contributed by atoms with E-state index >= 15 is 0 Å². The molecule has 0 saturated heterocycles. The average Bonchev–Trinajstić information content (AvgIpc) is 2.85. The molecule has 1 aliphatic rings. The van der Waals surface area contributed by atoms with Gasteiger partial charge >= 0.3 is 0 Å². The third-order valence-electron chi connectivity index (χ3n) is 3.46. The van der Waals surface area contributed by atoms with Crippen LogP contribution in [0.4, 0.5) is 0 Å². The van der Waals surface area contributed by atoms with Gasteiger partial charge < -0.3 is 10.1 Å². The van der Waals surface area contributed by atoms with Gasteiger partial charge in [-0.2, -0.15) is 0 Å². The van der Waals surface area contributed by atoms with E-state index in [2.05, 4.69) is 19.2 Å². The number of hydrogen-bond acceptors (Lipinski definition) is 2. The van der Waals surface area contributed by atoms with E-state index in [1.807, 2.05) is 14.2 Å². The molecule has 13 heavy (non-hydrogen) atoms. The number of nitrogens with one attached hydrogen (secondary N) is 1. The van der Waals surface area contributed by atoms with Crippen molar-refractivity contribution < 1.29 is 4.74 Å². The summed E-state index contributed by atoms with van der Waals surface area (Å²) in [6, 6.07) is 0. The molecule has 1 atom stereocenters. The summed E-state index contributed by atoms with van der Waals surface area (Å²) in [5, 5.41) is 3.32. The molecule has 78 valence electrons. The summed E-state index contributed by atoms with van der Waals surface area (Å²) in [4.78, 5) is 0. The first-order chi connectivity index (χ1) is 6.17. The molecule has 1 unspecified atom stereocenters. The van der Waals surface area contributed by atoms with Gasteiger partial charge in [0.2, 0.25) is 0 Å². The van der Waals surface area contributed by atoms with Crippen LogP contribution in [0.15, 0.2) is 0 Å². The van der Waals surface area contributed by atoms with Gasteiger partial charge in [-0.1, -0.05) is 13.8 Å². The summed E-state index contributed by atoms with van der Waals surface area (Å²) >= 11 is 0. The number of methoxy groups -OCH3 is 1. The highest BCUT2D eigenvalue weighted by Gasteiger charge is 2.46. The van der Waals surface area contributed by atoms with Crippen LogP contribution in [0, 0.1) is 17.3 Å². The van der Waals surface area contributed by atoms with E-state index in [4.69, 9.17) is 4.74 Å². The topological polar surface area (TPSA) is 21.3 Å². The molecular formula is C11H23NO. The van der Waals surface area contributed by atoms with Gasteiger partial charge in [0.05, 0.1) is 6.61 Å². The lowest BCUT2D eigenvalue weighted by Gasteiger charge is -2.37. The Kier molecular flexibility index (Phi) is 3.74. The predicted octanol–water partition coefficient (Wildman–Crippen LogP) is 1.90. The summed E-state index contributed by atoms with van der Waals surface area (Å²) < 4.78 is 5.38. The smallest absolute Gasteiger partial charge is 0.0535 e.